The molecule has 7 heteroatoms. The van der Waals surface area contributed by atoms with Crippen LogP contribution in [-0.4, -0.2) is 54.1 Å². The molecule has 1 aliphatic heterocycles. The molecular weight excluding hydrogens is 500 g/mol. The van der Waals surface area contributed by atoms with Crippen molar-refractivity contribution in [2.24, 2.45) is 13.0 Å². The molecule has 0 fully saturated rings. The normalized spacial score (nSPS) is 15.5. The largest absolute Gasteiger partial charge is 0.493 e. The molecule has 0 saturated carbocycles. The van der Waals surface area contributed by atoms with E-state index in [1.165, 1.54) is 27.7 Å². The van der Waals surface area contributed by atoms with Crippen LogP contribution in [0.2, 0.25) is 0 Å². The molecule has 0 aliphatic carbocycles. The van der Waals surface area contributed by atoms with Gasteiger partial charge in [0.2, 0.25) is 5.91 Å². The molecule has 0 bridgehead atoms. The molecule has 7 nitrogen and oxygen atoms in total. The maximum absolute atomic E-state index is 13.6. The van der Waals surface area contributed by atoms with Crippen LogP contribution in [0.3, 0.4) is 0 Å². The van der Waals surface area contributed by atoms with E-state index in [2.05, 4.69) is 73.0 Å². The van der Waals surface area contributed by atoms with Gasteiger partial charge in [0.15, 0.2) is 0 Å². The van der Waals surface area contributed by atoms with Gasteiger partial charge in [0.05, 0.1) is 13.2 Å². The average Bonchev–Trinajstić information content (AvgIpc) is 3.16. The third kappa shape index (κ3) is 7.45. The first-order chi connectivity index (χ1) is 19.2. The van der Waals surface area contributed by atoms with E-state index in [0.717, 1.165) is 50.0 Å². The topological polar surface area (TPSA) is 75.6 Å². The fourth-order valence-electron chi connectivity index (χ4n) is 5.49. The van der Waals surface area contributed by atoms with Crippen molar-refractivity contribution < 1.29 is 14.3 Å². The van der Waals surface area contributed by atoms with Gasteiger partial charge < -0.3 is 19.9 Å². The number of rotatable bonds is 7. The number of ether oxygens (including phenoxy) is 1. The molecule has 216 valence electrons. The van der Waals surface area contributed by atoms with E-state index in [9.17, 15) is 9.59 Å². The Labute approximate surface area is 239 Å². The second-order valence-electron chi connectivity index (χ2n) is 11.6. The highest BCUT2D eigenvalue weighted by Crippen LogP contribution is 2.27. The maximum Gasteiger partial charge on any atom is 0.251 e. The predicted octanol–water partition coefficient (Wildman–Crippen LogP) is 5.29. The van der Waals surface area contributed by atoms with Crippen LogP contribution in [0.15, 0.2) is 36.4 Å². The van der Waals surface area contributed by atoms with Crippen LogP contribution in [0.25, 0.3) is 10.9 Å². The number of fused-ring (bicyclic) bond motifs is 2. The smallest absolute Gasteiger partial charge is 0.251 e. The Hall–Kier alpha value is -3.32. The van der Waals surface area contributed by atoms with Gasteiger partial charge in [-0.3, -0.25) is 14.5 Å². The zero-order valence-corrected chi connectivity index (χ0v) is 24.9. The molecule has 2 aromatic carbocycles. The van der Waals surface area contributed by atoms with Crippen molar-refractivity contribution in [1.82, 2.24) is 20.1 Å². The molecule has 0 unspecified atom stereocenters. The SMILES string of the molecule is Cc1ccc2c(CCNC(=O)c3cccc4c3CN(CCC(C)C)CC(=O)NCCCCCO4)c(C)n(C)c2c1. The molecular formula is C33H46N4O3. The van der Waals surface area contributed by atoms with Gasteiger partial charge in [0, 0.05) is 54.4 Å². The van der Waals surface area contributed by atoms with Gasteiger partial charge in [-0.15, -0.1) is 0 Å². The number of aryl methyl sites for hydroxylation is 2. The Morgan fingerprint density at radius 2 is 1.93 bits per heavy atom. The van der Waals surface area contributed by atoms with Crippen molar-refractivity contribution in [3.05, 3.63) is 64.3 Å². The van der Waals surface area contributed by atoms with E-state index in [-0.39, 0.29) is 11.8 Å². The molecule has 1 aliphatic rings. The Morgan fingerprint density at radius 3 is 2.73 bits per heavy atom. The van der Waals surface area contributed by atoms with Crippen molar-refractivity contribution in [3.8, 4) is 5.75 Å². The third-order valence-electron chi connectivity index (χ3n) is 7.99. The quantitative estimate of drug-likeness (QED) is 0.422. The van der Waals surface area contributed by atoms with Crippen LogP contribution in [0.4, 0.5) is 0 Å². The second kappa shape index (κ2) is 13.8. The van der Waals surface area contributed by atoms with E-state index >= 15 is 0 Å². The van der Waals surface area contributed by atoms with Crippen molar-refractivity contribution in [1.29, 1.82) is 0 Å². The Kier molecular flexibility index (Phi) is 10.3. The Morgan fingerprint density at radius 1 is 1.10 bits per heavy atom. The molecule has 2 amide bonds. The molecule has 40 heavy (non-hydrogen) atoms. The van der Waals surface area contributed by atoms with Gasteiger partial charge >= 0.3 is 0 Å². The standard InChI is InChI=1S/C33H46N4O3/c1-23(2)15-18-37-21-29-28(10-9-11-31(29)40-19-8-6-7-16-34-32(38)22-37)33(39)35-17-14-26-25(4)36(5)30-20-24(3)12-13-27(26)30/h9-13,20,23H,6-8,14-19,21-22H2,1-5H3,(H,34,38)(H,35,39). The molecule has 3 aromatic rings. The first-order valence-corrected chi connectivity index (χ1v) is 14.8. The zero-order chi connectivity index (χ0) is 28.6. The van der Waals surface area contributed by atoms with Gasteiger partial charge in [-0.1, -0.05) is 32.0 Å². The van der Waals surface area contributed by atoms with Crippen LogP contribution in [0.1, 0.15) is 72.3 Å². The van der Waals surface area contributed by atoms with E-state index in [1.807, 2.05) is 18.2 Å². The van der Waals surface area contributed by atoms with Gasteiger partial charge in [-0.2, -0.15) is 0 Å². The van der Waals surface area contributed by atoms with Gasteiger partial charge in [-0.05, 0) is 87.7 Å². The highest BCUT2D eigenvalue weighted by Gasteiger charge is 2.21. The minimum atomic E-state index is -0.105. The first kappa shape index (κ1) is 29.7. The second-order valence-corrected chi connectivity index (χ2v) is 11.6. The van der Waals surface area contributed by atoms with Crippen molar-refractivity contribution >= 4 is 22.7 Å². The van der Waals surface area contributed by atoms with Crippen molar-refractivity contribution in [2.45, 2.75) is 66.3 Å². The Bertz CT molecular complexity index is 1330. The number of carbonyl (C=O) groups excluding carboxylic acids is 2. The summed E-state index contributed by atoms with van der Waals surface area (Å²) in [7, 11) is 2.10. The van der Waals surface area contributed by atoms with Crippen molar-refractivity contribution in [3.63, 3.8) is 0 Å². The highest BCUT2D eigenvalue weighted by atomic mass is 16.5. The maximum atomic E-state index is 13.6. The zero-order valence-electron chi connectivity index (χ0n) is 24.9. The minimum absolute atomic E-state index is 0.0352. The lowest BCUT2D eigenvalue weighted by Gasteiger charge is -2.25. The summed E-state index contributed by atoms with van der Waals surface area (Å²) in [5.41, 5.74) is 6.43. The average molecular weight is 547 g/mol. The van der Waals surface area contributed by atoms with Crippen LogP contribution in [0, 0.1) is 19.8 Å². The number of carbonyl (C=O) groups is 2. The fraction of sp³-hybridized carbons (Fsp3) is 0.515. The summed E-state index contributed by atoms with van der Waals surface area (Å²) in [4.78, 5) is 28.5. The third-order valence-corrected chi connectivity index (χ3v) is 7.99. The molecule has 4 rings (SSSR count). The minimum Gasteiger partial charge on any atom is -0.493 e. The summed E-state index contributed by atoms with van der Waals surface area (Å²) in [6.07, 6.45) is 4.56. The van der Waals surface area contributed by atoms with Crippen LogP contribution < -0.4 is 15.4 Å². The molecule has 0 saturated heterocycles. The fourth-order valence-corrected chi connectivity index (χ4v) is 5.49. The molecule has 0 radical (unpaired) electrons. The summed E-state index contributed by atoms with van der Waals surface area (Å²) < 4.78 is 8.46. The molecule has 2 N–H and O–H groups in total. The number of nitrogens with zero attached hydrogens (tertiary/aromatic N) is 2. The van der Waals surface area contributed by atoms with Gasteiger partial charge in [0.1, 0.15) is 5.75 Å². The molecule has 0 atom stereocenters. The lowest BCUT2D eigenvalue weighted by Crippen LogP contribution is -2.38. The van der Waals surface area contributed by atoms with E-state index < -0.39 is 0 Å². The number of nitrogens with one attached hydrogen (secondary N) is 2. The number of amides is 2. The van der Waals surface area contributed by atoms with Gasteiger partial charge in [-0.25, -0.2) is 0 Å². The number of aromatic nitrogens is 1. The summed E-state index contributed by atoms with van der Waals surface area (Å²) >= 11 is 0. The first-order valence-electron chi connectivity index (χ1n) is 14.8. The summed E-state index contributed by atoms with van der Waals surface area (Å²) in [6, 6.07) is 12.3. The number of benzene rings is 2. The lowest BCUT2D eigenvalue weighted by molar-refractivity contribution is -0.122. The summed E-state index contributed by atoms with van der Waals surface area (Å²) in [5.74, 6) is 1.19. The summed E-state index contributed by atoms with van der Waals surface area (Å²) in [6.45, 7) is 12.0. The molecule has 2 heterocycles. The lowest BCUT2D eigenvalue weighted by atomic mass is 10.0. The Balaban J connectivity index is 1.55. The van der Waals surface area contributed by atoms with E-state index in [1.54, 1.807) is 0 Å². The van der Waals surface area contributed by atoms with Crippen LogP contribution >= 0.6 is 0 Å². The van der Waals surface area contributed by atoms with E-state index in [0.29, 0.717) is 44.3 Å². The van der Waals surface area contributed by atoms with Crippen LogP contribution in [-0.2, 0) is 24.8 Å². The highest BCUT2D eigenvalue weighted by molar-refractivity contribution is 5.96. The van der Waals surface area contributed by atoms with Crippen LogP contribution in [0.5, 0.6) is 5.75 Å². The number of hydrogen-bond acceptors (Lipinski definition) is 4. The van der Waals surface area contributed by atoms with Crippen molar-refractivity contribution in [2.75, 3.05) is 32.8 Å². The molecule has 1 aromatic heterocycles. The van der Waals surface area contributed by atoms with E-state index in [4.69, 9.17) is 4.74 Å². The summed E-state index contributed by atoms with van der Waals surface area (Å²) in [5, 5.41) is 7.48. The number of hydrogen-bond donors (Lipinski definition) is 2. The monoisotopic (exact) mass is 546 g/mol. The molecule has 0 spiro atoms. The van der Waals surface area contributed by atoms with Gasteiger partial charge in [0.25, 0.3) is 5.91 Å². The predicted molar refractivity (Wildman–Crippen MR) is 162 cm³/mol.